The summed E-state index contributed by atoms with van der Waals surface area (Å²) in [7, 11) is 0. The molecule has 0 fully saturated rings. The number of aryl methyl sites for hydroxylation is 1. The minimum atomic E-state index is -1.23. The monoisotopic (exact) mass is 580 g/mol. The van der Waals surface area contributed by atoms with E-state index in [-0.39, 0.29) is 43.5 Å². The number of thiol groups is 1. The first-order valence-electron chi connectivity index (χ1n) is 13.5. The molecular weight excluding hydrogens is 536 g/mol. The number of alkyl carbamates (subject to hydrolysis) is 1. The summed E-state index contributed by atoms with van der Waals surface area (Å²) in [6.07, 6.45) is -0.571. The maximum absolute atomic E-state index is 13.2. The number of carbonyl (C=O) groups is 5. The van der Waals surface area contributed by atoms with Gasteiger partial charge in [-0.25, -0.2) is 4.79 Å². The lowest BCUT2D eigenvalue weighted by molar-refractivity contribution is -0.137. The summed E-state index contributed by atoms with van der Waals surface area (Å²) < 4.78 is 5.06. The van der Waals surface area contributed by atoms with Crippen molar-refractivity contribution in [2.45, 2.75) is 78.4 Å². The number of ether oxygens (including phenoxy) is 1. The average molecular weight is 581 g/mol. The molecule has 0 heterocycles. The van der Waals surface area contributed by atoms with E-state index in [1.54, 1.807) is 0 Å². The van der Waals surface area contributed by atoms with Crippen molar-refractivity contribution < 1.29 is 33.8 Å². The number of benzene rings is 1. The van der Waals surface area contributed by atoms with Crippen LogP contribution in [0.4, 0.5) is 4.79 Å². The molecule has 0 spiro atoms. The van der Waals surface area contributed by atoms with Gasteiger partial charge in [0.1, 0.15) is 18.1 Å². The Morgan fingerprint density at radius 3 is 2.12 bits per heavy atom. The molecule has 0 aromatic heterocycles. The van der Waals surface area contributed by atoms with E-state index < -0.39 is 47.9 Å². The first kappa shape index (κ1) is 34.7. The van der Waals surface area contributed by atoms with Crippen molar-refractivity contribution in [2.75, 3.05) is 18.9 Å². The van der Waals surface area contributed by atoms with E-state index in [1.165, 1.54) is 0 Å². The second-order valence-corrected chi connectivity index (χ2v) is 11.0. The lowest BCUT2D eigenvalue weighted by Crippen LogP contribution is -2.57. The Hall–Kier alpha value is -3.28. The number of nitrogens with one attached hydrogen (secondary N) is 4. The maximum Gasteiger partial charge on any atom is 0.407 e. The van der Waals surface area contributed by atoms with Crippen LogP contribution < -0.4 is 21.3 Å². The van der Waals surface area contributed by atoms with E-state index in [2.05, 4.69) is 33.9 Å². The fraction of sp³-hybridized carbons (Fsp3) is 0.607. The Balaban J connectivity index is 2.85. The van der Waals surface area contributed by atoms with Crippen LogP contribution in [0.3, 0.4) is 0 Å². The summed E-state index contributed by atoms with van der Waals surface area (Å²) in [5.74, 6) is -2.76. The SMILES string of the molecule is Cc1cccc(CCNC(=O)[C@H](CS)NC(=O)[C@H](CC(C)C)NC(=O)[C@H](CCC(=O)O)NC(=O)OCC(C)C)c1. The molecule has 0 saturated carbocycles. The molecule has 4 amide bonds. The van der Waals surface area contributed by atoms with Gasteiger partial charge in [-0.05, 0) is 43.6 Å². The highest BCUT2D eigenvalue weighted by Crippen LogP contribution is 2.09. The van der Waals surface area contributed by atoms with Gasteiger partial charge in [-0.1, -0.05) is 57.5 Å². The van der Waals surface area contributed by atoms with E-state index in [0.717, 1.165) is 11.1 Å². The maximum atomic E-state index is 13.2. The van der Waals surface area contributed by atoms with Crippen molar-refractivity contribution in [3.8, 4) is 0 Å². The molecule has 0 saturated heterocycles. The molecule has 3 atom stereocenters. The topological polar surface area (TPSA) is 163 Å². The van der Waals surface area contributed by atoms with E-state index in [1.807, 2.05) is 58.9 Å². The number of carboxylic acid groups (broad SMARTS) is 1. The van der Waals surface area contributed by atoms with Gasteiger partial charge < -0.3 is 31.1 Å². The van der Waals surface area contributed by atoms with Gasteiger partial charge in [0, 0.05) is 18.7 Å². The zero-order valence-corrected chi connectivity index (χ0v) is 24.9. The van der Waals surface area contributed by atoms with Gasteiger partial charge in [0.05, 0.1) is 6.61 Å². The summed E-state index contributed by atoms with van der Waals surface area (Å²) in [6, 6.07) is 4.74. The molecule has 224 valence electrons. The molecule has 1 aromatic carbocycles. The molecule has 40 heavy (non-hydrogen) atoms. The molecule has 0 aliphatic heterocycles. The van der Waals surface area contributed by atoms with E-state index >= 15 is 0 Å². The number of hydrogen-bond donors (Lipinski definition) is 6. The van der Waals surface area contributed by atoms with Gasteiger partial charge in [0.25, 0.3) is 0 Å². The van der Waals surface area contributed by atoms with Crippen LogP contribution in [-0.4, -0.2) is 71.9 Å². The Bertz CT molecular complexity index is 1000. The Morgan fingerprint density at radius 1 is 0.900 bits per heavy atom. The lowest BCUT2D eigenvalue weighted by atomic mass is 10.0. The third-order valence-electron chi connectivity index (χ3n) is 5.75. The van der Waals surface area contributed by atoms with Crippen LogP contribution >= 0.6 is 12.6 Å². The lowest BCUT2D eigenvalue weighted by Gasteiger charge is -2.25. The number of rotatable bonds is 17. The normalized spacial score (nSPS) is 13.2. The molecule has 1 aromatic rings. The van der Waals surface area contributed by atoms with Crippen LogP contribution in [0, 0.1) is 18.8 Å². The molecule has 0 aliphatic carbocycles. The molecule has 12 heteroatoms. The quantitative estimate of drug-likeness (QED) is 0.154. The third-order valence-corrected chi connectivity index (χ3v) is 6.12. The van der Waals surface area contributed by atoms with Gasteiger partial charge in [-0.3, -0.25) is 19.2 Å². The van der Waals surface area contributed by atoms with Gasteiger partial charge in [-0.2, -0.15) is 12.6 Å². The average Bonchev–Trinajstić information content (AvgIpc) is 2.87. The van der Waals surface area contributed by atoms with Crippen LogP contribution in [0.5, 0.6) is 0 Å². The number of hydrogen-bond acceptors (Lipinski definition) is 7. The highest BCUT2D eigenvalue weighted by Gasteiger charge is 2.30. The van der Waals surface area contributed by atoms with Crippen molar-refractivity contribution in [1.29, 1.82) is 0 Å². The van der Waals surface area contributed by atoms with E-state index in [0.29, 0.717) is 13.0 Å². The molecule has 0 bridgehead atoms. The highest BCUT2D eigenvalue weighted by molar-refractivity contribution is 7.80. The second kappa shape index (κ2) is 18.1. The molecule has 5 N–H and O–H groups in total. The number of aliphatic carboxylic acids is 1. The predicted molar refractivity (Wildman–Crippen MR) is 155 cm³/mol. The van der Waals surface area contributed by atoms with Crippen LogP contribution in [0.15, 0.2) is 24.3 Å². The molecule has 0 radical (unpaired) electrons. The first-order valence-corrected chi connectivity index (χ1v) is 14.2. The van der Waals surface area contributed by atoms with Crippen molar-refractivity contribution >= 4 is 42.4 Å². The minimum absolute atomic E-state index is 0.00454. The summed E-state index contributed by atoms with van der Waals surface area (Å²) in [5, 5.41) is 19.5. The Labute approximate surface area is 242 Å². The van der Waals surface area contributed by atoms with Crippen molar-refractivity contribution in [1.82, 2.24) is 21.3 Å². The van der Waals surface area contributed by atoms with Crippen LogP contribution in [-0.2, 0) is 30.3 Å². The van der Waals surface area contributed by atoms with Gasteiger partial charge >= 0.3 is 12.1 Å². The van der Waals surface area contributed by atoms with Crippen molar-refractivity contribution in [3.05, 3.63) is 35.4 Å². The molecule has 1 rings (SSSR count). The standard InChI is InChI=1S/C28H44N4O7S/c1-17(2)13-22(30-26(36)21(9-10-24(33)34)32-28(38)39-15-18(3)4)27(37)31-23(16-40)25(35)29-12-11-20-8-6-7-19(5)14-20/h6-8,14,17-18,21-23,40H,9-13,15-16H2,1-5H3,(H,29,35)(H,30,36)(H,31,37)(H,32,38)(H,33,34)/t21-,22-,23-/m0/s1. The van der Waals surface area contributed by atoms with E-state index in [9.17, 15) is 24.0 Å². The van der Waals surface area contributed by atoms with Crippen molar-refractivity contribution in [2.24, 2.45) is 11.8 Å². The smallest absolute Gasteiger partial charge is 0.407 e. The summed E-state index contributed by atoms with van der Waals surface area (Å²) in [5.41, 5.74) is 2.20. The predicted octanol–water partition coefficient (Wildman–Crippen LogP) is 2.21. The Morgan fingerprint density at radius 2 is 1.55 bits per heavy atom. The summed E-state index contributed by atoms with van der Waals surface area (Å²) >= 11 is 4.21. The van der Waals surface area contributed by atoms with Crippen LogP contribution in [0.25, 0.3) is 0 Å². The van der Waals surface area contributed by atoms with Crippen LogP contribution in [0.2, 0.25) is 0 Å². The second-order valence-electron chi connectivity index (χ2n) is 10.6. The third kappa shape index (κ3) is 14.2. The van der Waals surface area contributed by atoms with Gasteiger partial charge in [0.2, 0.25) is 17.7 Å². The highest BCUT2D eigenvalue weighted by atomic mass is 32.1. The largest absolute Gasteiger partial charge is 0.481 e. The molecule has 0 unspecified atom stereocenters. The first-order chi connectivity index (χ1) is 18.8. The van der Waals surface area contributed by atoms with Crippen molar-refractivity contribution in [3.63, 3.8) is 0 Å². The molecule has 11 nitrogen and oxygen atoms in total. The summed E-state index contributed by atoms with van der Waals surface area (Å²) in [4.78, 5) is 62.2. The fourth-order valence-electron chi connectivity index (χ4n) is 3.73. The number of carboxylic acids is 1. The molecule has 0 aliphatic rings. The number of amides is 4. The minimum Gasteiger partial charge on any atom is -0.481 e. The number of carbonyl (C=O) groups excluding carboxylic acids is 4. The van der Waals surface area contributed by atoms with Gasteiger partial charge in [-0.15, -0.1) is 0 Å². The zero-order valence-electron chi connectivity index (χ0n) is 24.0. The summed E-state index contributed by atoms with van der Waals surface area (Å²) in [6.45, 7) is 9.91. The zero-order chi connectivity index (χ0) is 30.2. The fourth-order valence-corrected chi connectivity index (χ4v) is 3.98. The van der Waals surface area contributed by atoms with E-state index in [4.69, 9.17) is 9.84 Å². The molecular formula is C28H44N4O7S. The Kier molecular flexibility index (Phi) is 15.8. The van der Waals surface area contributed by atoms with Crippen LogP contribution in [0.1, 0.15) is 58.1 Å². The van der Waals surface area contributed by atoms with Gasteiger partial charge in [0.15, 0.2) is 0 Å².